The molecule has 28 heavy (non-hydrogen) atoms. The molecule has 0 unspecified atom stereocenters. The Labute approximate surface area is 163 Å². The van der Waals surface area contributed by atoms with Crippen molar-refractivity contribution in [2.75, 3.05) is 33.8 Å². The number of amides is 2. The van der Waals surface area contributed by atoms with E-state index in [-0.39, 0.29) is 36.6 Å². The number of halogens is 1. The lowest BCUT2D eigenvalue weighted by molar-refractivity contribution is -0.132. The predicted octanol–water partition coefficient (Wildman–Crippen LogP) is 2.43. The van der Waals surface area contributed by atoms with Gasteiger partial charge < -0.3 is 14.5 Å². The molecule has 0 bridgehead atoms. The number of aromatic nitrogens is 2. The number of rotatable bonds is 6. The molecule has 0 aliphatic carbocycles. The van der Waals surface area contributed by atoms with Gasteiger partial charge in [-0.15, -0.1) is 0 Å². The number of H-pyrrole nitrogens is 1. The van der Waals surface area contributed by atoms with E-state index in [2.05, 4.69) is 10.2 Å². The van der Waals surface area contributed by atoms with Crippen LogP contribution in [0.3, 0.4) is 0 Å². The number of hydrogen-bond donors (Lipinski definition) is 1. The van der Waals surface area contributed by atoms with Crippen LogP contribution in [0.15, 0.2) is 30.5 Å². The number of ether oxygens (including phenoxy) is 1. The van der Waals surface area contributed by atoms with E-state index in [1.807, 2.05) is 0 Å². The topological polar surface area (TPSA) is 78.5 Å². The lowest BCUT2D eigenvalue weighted by Gasteiger charge is -2.32. The van der Waals surface area contributed by atoms with Crippen molar-refractivity contribution < 1.29 is 18.7 Å². The average Bonchev–Trinajstić information content (AvgIpc) is 3.17. The van der Waals surface area contributed by atoms with Gasteiger partial charge in [0.1, 0.15) is 11.6 Å². The molecule has 1 aromatic carbocycles. The highest BCUT2D eigenvalue weighted by atomic mass is 19.1. The van der Waals surface area contributed by atoms with E-state index in [4.69, 9.17) is 4.74 Å². The normalized spacial score (nSPS) is 16.7. The van der Waals surface area contributed by atoms with Crippen LogP contribution in [-0.4, -0.2) is 65.6 Å². The van der Waals surface area contributed by atoms with Crippen LogP contribution in [-0.2, 0) is 4.79 Å². The monoisotopic (exact) mass is 388 g/mol. The molecule has 0 radical (unpaired) electrons. The van der Waals surface area contributed by atoms with Crippen LogP contribution in [0.5, 0.6) is 5.75 Å². The fourth-order valence-corrected chi connectivity index (χ4v) is 3.43. The van der Waals surface area contributed by atoms with E-state index in [1.54, 1.807) is 37.3 Å². The molecule has 7 nitrogen and oxygen atoms in total. The smallest absolute Gasteiger partial charge is 0.256 e. The molecule has 2 aromatic rings. The van der Waals surface area contributed by atoms with Crippen LogP contribution in [0, 0.1) is 5.82 Å². The molecule has 1 aliphatic heterocycles. The first-order chi connectivity index (χ1) is 13.5. The number of piperidine rings is 1. The minimum atomic E-state index is -0.370. The van der Waals surface area contributed by atoms with Gasteiger partial charge in [0.2, 0.25) is 5.91 Å². The Morgan fingerprint density at radius 1 is 1.39 bits per heavy atom. The SMILES string of the molecule is CN(C)C(=O)c1cn[nH]c1[C@H]1CCCN(C(=O)CCOc2cccc(F)c2)C1. The molecule has 2 amide bonds. The van der Waals surface area contributed by atoms with E-state index in [1.165, 1.54) is 17.0 Å². The Morgan fingerprint density at radius 3 is 2.96 bits per heavy atom. The van der Waals surface area contributed by atoms with Gasteiger partial charge in [0, 0.05) is 39.2 Å². The zero-order valence-corrected chi connectivity index (χ0v) is 16.2. The average molecular weight is 388 g/mol. The Kier molecular flexibility index (Phi) is 6.28. The summed E-state index contributed by atoms with van der Waals surface area (Å²) in [6.45, 7) is 1.41. The summed E-state index contributed by atoms with van der Waals surface area (Å²) < 4.78 is 18.6. The predicted molar refractivity (Wildman–Crippen MR) is 102 cm³/mol. The van der Waals surface area contributed by atoms with Crippen molar-refractivity contribution in [1.29, 1.82) is 0 Å². The molecule has 2 heterocycles. The zero-order chi connectivity index (χ0) is 20.1. The molecule has 150 valence electrons. The quantitative estimate of drug-likeness (QED) is 0.824. The summed E-state index contributed by atoms with van der Waals surface area (Å²) in [5.41, 5.74) is 1.34. The number of nitrogens with one attached hydrogen (secondary N) is 1. The lowest BCUT2D eigenvalue weighted by Crippen LogP contribution is -2.40. The second kappa shape index (κ2) is 8.86. The summed E-state index contributed by atoms with van der Waals surface area (Å²) in [4.78, 5) is 28.2. The van der Waals surface area contributed by atoms with E-state index < -0.39 is 0 Å². The maximum Gasteiger partial charge on any atom is 0.256 e. The number of carbonyl (C=O) groups excluding carboxylic acids is 2. The lowest BCUT2D eigenvalue weighted by atomic mass is 9.92. The van der Waals surface area contributed by atoms with Crippen molar-refractivity contribution in [2.24, 2.45) is 0 Å². The zero-order valence-electron chi connectivity index (χ0n) is 16.2. The largest absolute Gasteiger partial charge is 0.493 e. The molecule has 1 N–H and O–H groups in total. The van der Waals surface area contributed by atoms with Crippen molar-refractivity contribution in [3.05, 3.63) is 47.5 Å². The van der Waals surface area contributed by atoms with E-state index >= 15 is 0 Å². The van der Waals surface area contributed by atoms with Gasteiger partial charge in [-0.05, 0) is 25.0 Å². The van der Waals surface area contributed by atoms with E-state index in [9.17, 15) is 14.0 Å². The Hall–Kier alpha value is -2.90. The van der Waals surface area contributed by atoms with Gasteiger partial charge in [-0.25, -0.2) is 4.39 Å². The first kappa shape index (κ1) is 19.9. The Morgan fingerprint density at radius 2 is 2.21 bits per heavy atom. The number of benzene rings is 1. The third-order valence-electron chi connectivity index (χ3n) is 4.87. The molecule has 1 atom stereocenters. The van der Waals surface area contributed by atoms with Gasteiger partial charge in [0.05, 0.1) is 30.5 Å². The second-order valence-electron chi connectivity index (χ2n) is 7.13. The van der Waals surface area contributed by atoms with Gasteiger partial charge in [-0.2, -0.15) is 5.10 Å². The highest BCUT2D eigenvalue weighted by Crippen LogP contribution is 2.28. The first-order valence-electron chi connectivity index (χ1n) is 9.36. The van der Waals surface area contributed by atoms with Crippen LogP contribution in [0.1, 0.15) is 41.2 Å². The third-order valence-corrected chi connectivity index (χ3v) is 4.87. The van der Waals surface area contributed by atoms with Gasteiger partial charge in [-0.1, -0.05) is 6.07 Å². The third kappa shape index (κ3) is 4.68. The first-order valence-corrected chi connectivity index (χ1v) is 9.36. The van der Waals surface area contributed by atoms with Gasteiger partial charge in [-0.3, -0.25) is 14.7 Å². The molecule has 8 heteroatoms. The molecular formula is C20H25FN4O3. The molecule has 1 aromatic heterocycles. The number of hydrogen-bond acceptors (Lipinski definition) is 4. The van der Waals surface area contributed by atoms with E-state index in [0.717, 1.165) is 18.5 Å². The fourth-order valence-electron chi connectivity index (χ4n) is 3.43. The van der Waals surface area contributed by atoms with Crippen molar-refractivity contribution in [1.82, 2.24) is 20.0 Å². The van der Waals surface area contributed by atoms with Gasteiger partial charge in [0.25, 0.3) is 5.91 Å². The van der Waals surface area contributed by atoms with Crippen molar-refractivity contribution in [3.63, 3.8) is 0 Å². The summed E-state index contributed by atoms with van der Waals surface area (Å²) in [5, 5.41) is 6.98. The fraction of sp³-hybridized carbons (Fsp3) is 0.450. The molecule has 0 saturated carbocycles. The van der Waals surface area contributed by atoms with Crippen LogP contribution in [0.4, 0.5) is 4.39 Å². The molecule has 1 fully saturated rings. The van der Waals surface area contributed by atoms with Crippen molar-refractivity contribution >= 4 is 11.8 Å². The Bertz CT molecular complexity index is 836. The summed E-state index contributed by atoms with van der Waals surface area (Å²) in [6, 6.07) is 5.87. The van der Waals surface area contributed by atoms with Crippen LogP contribution >= 0.6 is 0 Å². The maximum atomic E-state index is 13.2. The number of aromatic amines is 1. The molecular weight excluding hydrogens is 363 g/mol. The number of nitrogens with zero attached hydrogens (tertiary/aromatic N) is 3. The minimum absolute atomic E-state index is 0.0129. The summed E-state index contributed by atoms with van der Waals surface area (Å²) >= 11 is 0. The van der Waals surface area contributed by atoms with Gasteiger partial charge in [0.15, 0.2) is 0 Å². The summed E-state index contributed by atoms with van der Waals surface area (Å²) in [5.74, 6) is -0.0287. The summed E-state index contributed by atoms with van der Waals surface area (Å²) in [6.07, 6.45) is 3.51. The van der Waals surface area contributed by atoms with Crippen LogP contribution in [0.25, 0.3) is 0 Å². The number of carbonyl (C=O) groups is 2. The molecule has 1 saturated heterocycles. The molecule has 1 aliphatic rings. The second-order valence-corrected chi connectivity index (χ2v) is 7.13. The van der Waals surface area contributed by atoms with Crippen LogP contribution in [0.2, 0.25) is 0 Å². The van der Waals surface area contributed by atoms with Gasteiger partial charge >= 0.3 is 0 Å². The standard InChI is InChI=1S/C20H25FN4O3/c1-24(2)20(27)17-12-22-23-19(17)14-5-4-9-25(13-14)18(26)8-10-28-16-7-3-6-15(21)11-16/h3,6-7,11-12,14H,4-5,8-10,13H2,1-2H3,(H,22,23)/t14-/m0/s1. The Balaban J connectivity index is 1.57. The maximum absolute atomic E-state index is 13.2. The van der Waals surface area contributed by atoms with Crippen molar-refractivity contribution in [2.45, 2.75) is 25.2 Å². The summed E-state index contributed by atoms with van der Waals surface area (Å²) in [7, 11) is 3.41. The molecule has 3 rings (SSSR count). The van der Waals surface area contributed by atoms with Crippen molar-refractivity contribution in [3.8, 4) is 5.75 Å². The van der Waals surface area contributed by atoms with Crippen LogP contribution < -0.4 is 4.74 Å². The number of likely N-dealkylation sites (tertiary alicyclic amines) is 1. The highest BCUT2D eigenvalue weighted by molar-refractivity contribution is 5.95. The minimum Gasteiger partial charge on any atom is -0.493 e. The van der Waals surface area contributed by atoms with E-state index in [0.29, 0.717) is 24.4 Å². The molecule has 0 spiro atoms. The highest BCUT2D eigenvalue weighted by Gasteiger charge is 2.29.